The third kappa shape index (κ3) is 3.57. The third-order valence-electron chi connectivity index (χ3n) is 3.22. The minimum atomic E-state index is -0.119. The Morgan fingerprint density at radius 1 is 1.22 bits per heavy atom. The molecule has 23 heavy (non-hydrogen) atoms. The molecule has 2 aromatic rings. The lowest BCUT2D eigenvalue weighted by Crippen LogP contribution is -2.23. The van der Waals surface area contributed by atoms with Crippen LogP contribution in [0.15, 0.2) is 58.4 Å². The minimum absolute atomic E-state index is 0.119. The second-order valence-electron chi connectivity index (χ2n) is 4.94. The summed E-state index contributed by atoms with van der Waals surface area (Å²) in [6.07, 6.45) is 1.74. The van der Waals surface area contributed by atoms with Crippen LogP contribution < -0.4 is 0 Å². The molecule has 1 fully saturated rings. The molecule has 0 unspecified atom stereocenters. The summed E-state index contributed by atoms with van der Waals surface area (Å²) in [4.78, 5) is 18.9. The van der Waals surface area contributed by atoms with E-state index in [0.717, 1.165) is 11.3 Å². The average Bonchev–Trinajstić information content (AvgIpc) is 2.78. The molecular weight excluding hydrogens is 332 g/mol. The highest BCUT2D eigenvalue weighted by molar-refractivity contribution is 8.18. The summed E-state index contributed by atoms with van der Waals surface area (Å²) < 4.78 is 0. The first-order valence-electron chi connectivity index (χ1n) is 6.84. The van der Waals surface area contributed by atoms with E-state index in [9.17, 15) is 9.90 Å². The number of rotatable bonds is 2. The highest BCUT2D eigenvalue weighted by Crippen LogP contribution is 2.33. The zero-order chi connectivity index (χ0) is 16.4. The van der Waals surface area contributed by atoms with Gasteiger partial charge in [0.15, 0.2) is 5.17 Å². The first kappa shape index (κ1) is 15.6. The molecule has 116 valence electrons. The van der Waals surface area contributed by atoms with Gasteiger partial charge in [-0.05, 0) is 59.8 Å². The highest BCUT2D eigenvalue weighted by atomic mass is 35.5. The standard InChI is InChI=1S/C17H13ClN2O2S/c1-20-16(22)15(10-11-3-2-4-14(21)9-11)23-17(20)19-13-7-5-12(18)6-8-13/h2-10,21H,1H3. The number of carbonyl (C=O) groups is 1. The Labute approximate surface area is 143 Å². The van der Waals surface area contributed by atoms with Crippen molar-refractivity contribution in [3.63, 3.8) is 0 Å². The predicted molar refractivity (Wildman–Crippen MR) is 95.0 cm³/mol. The lowest BCUT2D eigenvalue weighted by Gasteiger charge is -2.07. The van der Waals surface area contributed by atoms with E-state index in [0.29, 0.717) is 15.1 Å². The zero-order valence-electron chi connectivity index (χ0n) is 12.2. The monoisotopic (exact) mass is 344 g/mol. The van der Waals surface area contributed by atoms with E-state index in [-0.39, 0.29) is 11.7 Å². The Morgan fingerprint density at radius 2 is 1.96 bits per heavy atom. The quantitative estimate of drug-likeness (QED) is 0.827. The molecule has 1 aliphatic rings. The van der Waals surface area contributed by atoms with E-state index >= 15 is 0 Å². The normalized spacial score (nSPS) is 18.2. The molecule has 1 amide bonds. The van der Waals surface area contributed by atoms with Gasteiger partial charge in [0.05, 0.1) is 10.6 Å². The molecular formula is C17H13ClN2O2S. The van der Waals surface area contributed by atoms with Crippen LogP contribution in [0.2, 0.25) is 5.02 Å². The smallest absolute Gasteiger partial charge is 0.266 e. The summed E-state index contributed by atoms with van der Waals surface area (Å²) >= 11 is 7.16. The van der Waals surface area contributed by atoms with Gasteiger partial charge >= 0.3 is 0 Å². The maximum atomic E-state index is 12.3. The molecule has 1 saturated heterocycles. The van der Waals surface area contributed by atoms with Crippen LogP contribution in [-0.2, 0) is 4.79 Å². The van der Waals surface area contributed by atoms with E-state index in [4.69, 9.17) is 11.6 Å². The van der Waals surface area contributed by atoms with Crippen LogP contribution >= 0.6 is 23.4 Å². The summed E-state index contributed by atoms with van der Waals surface area (Å²) in [5.74, 6) is 0.0456. The van der Waals surface area contributed by atoms with Crippen LogP contribution in [0.25, 0.3) is 6.08 Å². The molecule has 6 heteroatoms. The largest absolute Gasteiger partial charge is 0.508 e. The van der Waals surface area contributed by atoms with Gasteiger partial charge in [0.1, 0.15) is 5.75 Å². The van der Waals surface area contributed by atoms with Crippen molar-refractivity contribution in [3.8, 4) is 5.75 Å². The molecule has 0 atom stereocenters. The Morgan fingerprint density at radius 3 is 2.65 bits per heavy atom. The van der Waals surface area contributed by atoms with Crippen LogP contribution in [0.5, 0.6) is 5.75 Å². The van der Waals surface area contributed by atoms with Crippen molar-refractivity contribution in [2.24, 2.45) is 4.99 Å². The molecule has 0 radical (unpaired) electrons. The Bertz CT molecular complexity index is 816. The molecule has 2 aromatic carbocycles. The summed E-state index contributed by atoms with van der Waals surface area (Å²) in [6.45, 7) is 0. The second kappa shape index (κ2) is 6.48. The van der Waals surface area contributed by atoms with E-state index in [1.54, 1.807) is 55.6 Å². The van der Waals surface area contributed by atoms with Crippen molar-refractivity contribution in [2.75, 3.05) is 7.05 Å². The summed E-state index contributed by atoms with van der Waals surface area (Å²) in [6, 6.07) is 13.9. The van der Waals surface area contributed by atoms with Crippen LogP contribution in [0.1, 0.15) is 5.56 Å². The number of nitrogens with zero attached hydrogens (tertiary/aromatic N) is 2. The van der Waals surface area contributed by atoms with Crippen molar-refractivity contribution in [3.05, 3.63) is 64.0 Å². The molecule has 4 nitrogen and oxygen atoms in total. The number of aliphatic imine (C=N–C) groups is 1. The molecule has 1 N–H and O–H groups in total. The lowest BCUT2D eigenvalue weighted by atomic mass is 10.2. The molecule has 0 aliphatic carbocycles. The van der Waals surface area contributed by atoms with Crippen molar-refractivity contribution < 1.29 is 9.90 Å². The topological polar surface area (TPSA) is 52.9 Å². The van der Waals surface area contributed by atoms with Gasteiger partial charge in [-0.25, -0.2) is 4.99 Å². The first-order valence-corrected chi connectivity index (χ1v) is 8.03. The van der Waals surface area contributed by atoms with Gasteiger partial charge in [0.25, 0.3) is 5.91 Å². The summed E-state index contributed by atoms with van der Waals surface area (Å²) in [5, 5.41) is 10.7. The number of carbonyl (C=O) groups excluding carboxylic acids is 1. The molecule has 0 bridgehead atoms. The van der Waals surface area contributed by atoms with E-state index in [1.165, 1.54) is 16.7 Å². The fraction of sp³-hybridized carbons (Fsp3) is 0.0588. The maximum absolute atomic E-state index is 12.3. The van der Waals surface area contributed by atoms with E-state index < -0.39 is 0 Å². The fourth-order valence-corrected chi connectivity index (χ4v) is 3.16. The van der Waals surface area contributed by atoms with Gasteiger partial charge in [0.2, 0.25) is 0 Å². The lowest BCUT2D eigenvalue weighted by molar-refractivity contribution is -0.121. The molecule has 0 spiro atoms. The molecule has 1 aliphatic heterocycles. The number of likely N-dealkylation sites (N-methyl/N-ethyl adjacent to an activating group) is 1. The number of hydrogen-bond donors (Lipinski definition) is 1. The number of phenolic OH excluding ortho intramolecular Hbond substituents is 1. The Hall–Kier alpha value is -2.24. The van der Waals surface area contributed by atoms with Gasteiger partial charge < -0.3 is 5.11 Å². The average molecular weight is 345 g/mol. The molecule has 3 rings (SSSR count). The third-order valence-corrected chi connectivity index (χ3v) is 4.54. The number of halogens is 1. The van der Waals surface area contributed by atoms with Crippen molar-refractivity contribution in [1.82, 2.24) is 4.90 Å². The number of amidine groups is 1. The SMILES string of the molecule is CN1C(=O)C(=Cc2cccc(O)c2)SC1=Nc1ccc(Cl)cc1. The first-order chi connectivity index (χ1) is 11.0. The maximum Gasteiger partial charge on any atom is 0.266 e. The second-order valence-corrected chi connectivity index (χ2v) is 6.39. The fourth-order valence-electron chi connectivity index (χ4n) is 2.04. The highest BCUT2D eigenvalue weighted by Gasteiger charge is 2.30. The summed E-state index contributed by atoms with van der Waals surface area (Å²) in [5.41, 5.74) is 1.50. The summed E-state index contributed by atoms with van der Waals surface area (Å²) in [7, 11) is 1.69. The molecule has 0 aromatic heterocycles. The zero-order valence-corrected chi connectivity index (χ0v) is 13.8. The van der Waals surface area contributed by atoms with Crippen molar-refractivity contribution in [1.29, 1.82) is 0 Å². The van der Waals surface area contributed by atoms with Crippen molar-refractivity contribution >= 4 is 46.2 Å². The number of amides is 1. The van der Waals surface area contributed by atoms with Gasteiger partial charge in [-0.3, -0.25) is 9.69 Å². The Balaban J connectivity index is 1.89. The number of phenols is 1. The van der Waals surface area contributed by atoms with Crippen LogP contribution in [-0.4, -0.2) is 28.1 Å². The van der Waals surface area contributed by atoms with E-state index in [1.807, 2.05) is 6.07 Å². The number of thioether (sulfide) groups is 1. The van der Waals surface area contributed by atoms with Gasteiger partial charge in [-0.2, -0.15) is 0 Å². The van der Waals surface area contributed by atoms with Crippen molar-refractivity contribution in [2.45, 2.75) is 0 Å². The number of aromatic hydroxyl groups is 1. The van der Waals surface area contributed by atoms with E-state index in [2.05, 4.69) is 4.99 Å². The van der Waals surface area contributed by atoms with Gasteiger partial charge in [-0.1, -0.05) is 23.7 Å². The molecule has 0 saturated carbocycles. The van der Waals surface area contributed by atoms with Crippen LogP contribution in [0.4, 0.5) is 5.69 Å². The van der Waals surface area contributed by atoms with Crippen LogP contribution in [0, 0.1) is 0 Å². The number of benzene rings is 2. The minimum Gasteiger partial charge on any atom is -0.508 e. The molecule has 1 heterocycles. The Kier molecular flexibility index (Phi) is 4.41. The van der Waals surface area contributed by atoms with Gasteiger partial charge in [0, 0.05) is 12.1 Å². The number of hydrogen-bond acceptors (Lipinski definition) is 4. The van der Waals surface area contributed by atoms with Gasteiger partial charge in [-0.15, -0.1) is 0 Å². The van der Waals surface area contributed by atoms with Crippen LogP contribution in [0.3, 0.4) is 0 Å². The predicted octanol–water partition coefficient (Wildman–Crippen LogP) is 4.28.